The Morgan fingerprint density at radius 3 is 0.643 bits per heavy atom. The number of rotatable bonds is 3. The van der Waals surface area contributed by atoms with Gasteiger partial charge in [-0.1, -0.05) is 6.55 Å². The van der Waals surface area contributed by atoms with Crippen LogP contribution in [0.1, 0.15) is 0 Å². The van der Waals surface area contributed by atoms with Crippen molar-refractivity contribution in [3.63, 3.8) is 0 Å². The van der Waals surface area contributed by atoms with E-state index in [4.69, 9.17) is 99.7 Å². The van der Waals surface area contributed by atoms with E-state index in [-0.39, 0.29) is 0 Å². The monoisotopic (exact) mass is 442 g/mol. The summed E-state index contributed by atoms with van der Waals surface area (Å²) < 4.78 is 0. The average Bonchev–Trinajstić information content (AvgIpc) is 1.77. The summed E-state index contributed by atoms with van der Waals surface area (Å²) in [7, 11) is 0. The summed E-state index contributed by atoms with van der Waals surface area (Å²) in [5, 5.41) is 0. The van der Waals surface area contributed by atoms with Gasteiger partial charge in [0.1, 0.15) is 0 Å². The molecule has 0 nitrogen and oxygen atoms in total. The third-order valence-corrected chi connectivity index (χ3v) is 91.8. The van der Waals surface area contributed by atoms with Gasteiger partial charge in [-0.05, 0) is 0 Å². The Morgan fingerprint density at radius 2 is 0.643 bits per heavy atom. The molecule has 0 saturated heterocycles. The van der Waals surface area contributed by atoms with Gasteiger partial charge in [0.25, 0.3) is 0 Å². The maximum Gasteiger partial charge on any atom is 0.328 e. The van der Waals surface area contributed by atoms with Gasteiger partial charge in [0, 0.05) is 0 Å². The predicted octanol–water partition coefficient (Wildman–Crippen LogP) is 5.27. The lowest BCUT2D eigenvalue weighted by Crippen LogP contribution is -2.74. The molecular weight excluding hydrogens is 443 g/mol. The van der Waals surface area contributed by atoms with Crippen molar-refractivity contribution in [2.24, 2.45) is 0 Å². The predicted molar refractivity (Wildman–Crippen MR) is 81.6 cm³/mol. The van der Waals surface area contributed by atoms with Crippen molar-refractivity contribution in [1.82, 2.24) is 0 Å². The molecule has 0 bridgehead atoms. The van der Waals surface area contributed by atoms with Gasteiger partial charge in [-0.3, -0.25) is 0 Å². The summed E-state index contributed by atoms with van der Waals surface area (Å²) in [6.07, 6.45) is 0. The van der Waals surface area contributed by atoms with E-state index in [2.05, 4.69) is 0 Å². The second kappa shape index (κ2) is 5.23. The highest BCUT2D eigenvalue weighted by Gasteiger charge is 2.75. The fourth-order valence-electron chi connectivity index (χ4n) is 0.482. The van der Waals surface area contributed by atoms with Gasteiger partial charge in [0.05, 0.1) is 0 Å². The first kappa shape index (κ1) is 17.5. The van der Waals surface area contributed by atoms with Crippen LogP contribution in [0.5, 0.6) is 0 Å². The maximum atomic E-state index is 5.90. The topological polar surface area (TPSA) is 0 Å². The van der Waals surface area contributed by atoms with Crippen LogP contribution in [0.25, 0.3) is 0 Å². The molecule has 0 aromatic rings. The highest BCUT2D eigenvalue weighted by atomic mass is 35.9. The summed E-state index contributed by atoms with van der Waals surface area (Å²) in [4.78, 5) is 0. The fraction of sp³-hybridized carbons (Fsp3) is 1.00. The molecule has 0 atom stereocenters. The Labute approximate surface area is 128 Å². The molecule has 0 aliphatic carbocycles. The second-order valence-corrected chi connectivity index (χ2v) is 57.2. The van der Waals surface area contributed by atoms with E-state index < -0.39 is 23.2 Å². The molecule has 0 aliphatic heterocycles. The molecule has 0 radical (unpaired) electrons. The van der Waals surface area contributed by atoms with Crippen LogP contribution in [0.4, 0.5) is 0 Å². The summed E-state index contributed by atoms with van der Waals surface area (Å²) >= 11 is 53.1. The van der Waals surface area contributed by atoms with Crippen LogP contribution in [0.2, 0.25) is 6.55 Å². The van der Waals surface area contributed by atoms with Crippen LogP contribution in [0, 0.1) is 0 Å². The Morgan fingerprint density at radius 1 is 0.500 bits per heavy atom. The first-order valence-corrected chi connectivity index (χ1v) is 23.6. The average molecular weight is 446 g/mol. The molecule has 0 spiro atoms. The summed E-state index contributed by atoms with van der Waals surface area (Å²) in [5.74, 6) is 0. The molecule has 0 amide bonds. The van der Waals surface area contributed by atoms with E-state index in [1.165, 1.54) is 0 Å². The SMILES string of the molecule is C[Si]([Si](Cl)(Cl)Cl)([Si](Cl)(Cl)Cl)[Si](Cl)(Cl)Cl. The number of hydrogen-bond acceptors (Lipinski definition) is 0. The van der Waals surface area contributed by atoms with Crippen LogP contribution in [0.15, 0.2) is 0 Å². The zero-order valence-corrected chi connectivity index (χ0v) is 17.2. The Kier molecular flexibility index (Phi) is 6.53. The molecule has 0 rings (SSSR count). The van der Waals surface area contributed by atoms with Gasteiger partial charge in [0.2, 0.25) is 0 Å². The Bertz CT molecular complexity index is 170. The molecule has 0 fully saturated rings. The van der Waals surface area contributed by atoms with Gasteiger partial charge >= 0.3 is 16.6 Å². The van der Waals surface area contributed by atoms with Gasteiger partial charge in [-0.15, -0.1) is 99.7 Å². The molecular formula is CH3Cl9Si4. The minimum Gasteiger partial charge on any atom is -0.130 e. The highest BCUT2D eigenvalue weighted by molar-refractivity contribution is 8.28. The van der Waals surface area contributed by atoms with Crippen molar-refractivity contribution in [2.45, 2.75) is 6.55 Å². The lowest BCUT2D eigenvalue weighted by Gasteiger charge is -2.39. The summed E-state index contributed by atoms with van der Waals surface area (Å²) in [5.41, 5.74) is -9.88. The highest BCUT2D eigenvalue weighted by Crippen LogP contribution is 2.51. The van der Waals surface area contributed by atoms with Gasteiger partial charge < -0.3 is 0 Å². The molecule has 0 saturated carbocycles. The van der Waals surface area contributed by atoms with E-state index in [0.29, 0.717) is 0 Å². The lowest BCUT2D eigenvalue weighted by atomic mass is 11.9. The lowest BCUT2D eigenvalue weighted by molar-refractivity contribution is 2.27. The molecule has 0 N–H and O–H groups in total. The van der Waals surface area contributed by atoms with Crippen LogP contribution in [-0.2, 0) is 0 Å². The fourth-order valence-corrected chi connectivity index (χ4v) is 117. The molecule has 0 heterocycles. The maximum absolute atomic E-state index is 5.90. The van der Waals surface area contributed by atoms with E-state index in [9.17, 15) is 0 Å². The molecule has 0 unspecified atom stereocenters. The standard InChI is InChI=1S/CH3Cl9Si4/c1-11(12(2,3)4,13(5,6)7)14(8,9)10/h1H3. The largest absolute Gasteiger partial charge is 0.328 e. The van der Waals surface area contributed by atoms with Crippen molar-refractivity contribution in [2.75, 3.05) is 0 Å². The first-order valence-electron chi connectivity index (χ1n) is 2.95. The Balaban J connectivity index is 5.54. The van der Waals surface area contributed by atoms with E-state index in [0.717, 1.165) is 0 Å². The molecule has 14 heavy (non-hydrogen) atoms. The van der Waals surface area contributed by atoms with E-state index >= 15 is 0 Å². The summed E-state index contributed by atoms with van der Waals surface area (Å²) in [6.45, 7) is -1.47. The summed E-state index contributed by atoms with van der Waals surface area (Å²) in [6, 6.07) is 0. The van der Waals surface area contributed by atoms with Gasteiger partial charge in [-0.2, -0.15) is 0 Å². The first-order chi connectivity index (χ1) is 5.75. The van der Waals surface area contributed by atoms with E-state index in [1.807, 2.05) is 0 Å². The van der Waals surface area contributed by atoms with E-state index in [1.54, 1.807) is 6.55 Å². The van der Waals surface area contributed by atoms with Crippen molar-refractivity contribution in [3.8, 4) is 0 Å². The number of halogens is 9. The molecule has 86 valence electrons. The Hall–Kier alpha value is 3.48. The van der Waals surface area contributed by atoms with Crippen LogP contribution >= 0.6 is 99.7 Å². The zero-order valence-electron chi connectivity index (χ0n) is 6.40. The van der Waals surface area contributed by atoms with Crippen molar-refractivity contribution in [3.05, 3.63) is 0 Å². The van der Waals surface area contributed by atoms with Crippen molar-refractivity contribution in [1.29, 1.82) is 0 Å². The zero-order chi connectivity index (χ0) is 12.0. The van der Waals surface area contributed by atoms with Crippen molar-refractivity contribution >= 4 is 123 Å². The normalized spacial score (nSPS) is 15.9. The second-order valence-electron chi connectivity index (χ2n) is 2.62. The molecule has 13 heteroatoms. The minimum absolute atomic E-state index is 1.57. The molecule has 0 aromatic heterocycles. The number of hydrogen-bond donors (Lipinski definition) is 0. The van der Waals surface area contributed by atoms with Gasteiger partial charge in [0.15, 0.2) is 6.63 Å². The quantitative estimate of drug-likeness (QED) is 0.410. The molecule has 0 aromatic carbocycles. The third kappa shape index (κ3) is 3.49. The van der Waals surface area contributed by atoms with Crippen LogP contribution in [-0.4, -0.2) is 23.2 Å². The third-order valence-electron chi connectivity index (χ3n) is 1.70. The van der Waals surface area contributed by atoms with Gasteiger partial charge in [-0.25, -0.2) is 0 Å². The van der Waals surface area contributed by atoms with Crippen LogP contribution < -0.4 is 0 Å². The van der Waals surface area contributed by atoms with Crippen molar-refractivity contribution < 1.29 is 0 Å². The molecule has 0 aliphatic rings. The van der Waals surface area contributed by atoms with Crippen LogP contribution in [0.3, 0.4) is 0 Å². The smallest absolute Gasteiger partial charge is 0.130 e. The minimum atomic E-state index is -3.29.